The first kappa shape index (κ1) is 31.5. The van der Waals surface area contributed by atoms with Gasteiger partial charge in [0.2, 0.25) is 23.5 Å². The molecule has 0 spiro atoms. The fourth-order valence-electron chi connectivity index (χ4n) is 6.30. The number of ketones is 1. The second-order valence-corrected chi connectivity index (χ2v) is 12.3. The van der Waals surface area contributed by atoms with E-state index in [1.807, 2.05) is 45.0 Å². The monoisotopic (exact) mass is 584 g/mol. The lowest BCUT2D eigenvalue weighted by Crippen LogP contribution is -2.57. The van der Waals surface area contributed by atoms with Gasteiger partial charge in [0, 0.05) is 19.4 Å². The van der Waals surface area contributed by atoms with Gasteiger partial charge in [-0.1, -0.05) is 38.3 Å². The number of hydrogen-bond donors (Lipinski definition) is 3. The molecule has 2 heterocycles. The van der Waals surface area contributed by atoms with E-state index in [0.29, 0.717) is 25.2 Å². The summed E-state index contributed by atoms with van der Waals surface area (Å²) in [5, 5.41) is 5.67. The molecule has 2 fully saturated rings. The van der Waals surface area contributed by atoms with Gasteiger partial charge in [-0.2, -0.15) is 0 Å². The summed E-state index contributed by atoms with van der Waals surface area (Å²) in [7, 11) is 0. The van der Waals surface area contributed by atoms with E-state index in [-0.39, 0.29) is 43.5 Å². The Labute approximate surface area is 247 Å². The maximum absolute atomic E-state index is 14.2. The van der Waals surface area contributed by atoms with Crippen LogP contribution >= 0.6 is 0 Å². The number of Topliss-reactive ketones (excluding diaryl/α,β-unsaturated/α-hetero) is 1. The van der Waals surface area contributed by atoms with Gasteiger partial charge >= 0.3 is 0 Å². The molecule has 2 aliphatic heterocycles. The van der Waals surface area contributed by atoms with Crippen LogP contribution in [0.2, 0.25) is 0 Å². The summed E-state index contributed by atoms with van der Waals surface area (Å²) in [6, 6.07) is 4.55. The molecule has 1 saturated carbocycles. The van der Waals surface area contributed by atoms with Crippen LogP contribution in [0.3, 0.4) is 0 Å². The number of nitrogens with two attached hydrogens (primary N) is 1. The Kier molecular flexibility index (Phi) is 10.2. The fourth-order valence-corrected chi connectivity index (χ4v) is 6.30. The van der Waals surface area contributed by atoms with Crippen LogP contribution in [-0.2, 0) is 35.1 Å². The molecule has 0 aromatic heterocycles. The van der Waals surface area contributed by atoms with E-state index in [9.17, 15) is 24.0 Å². The summed E-state index contributed by atoms with van der Waals surface area (Å²) in [5.74, 6) is -2.56. The lowest BCUT2D eigenvalue weighted by Gasteiger charge is -2.32. The second kappa shape index (κ2) is 13.7. The molecule has 42 heavy (non-hydrogen) atoms. The lowest BCUT2D eigenvalue weighted by atomic mass is 9.95. The van der Waals surface area contributed by atoms with Crippen LogP contribution < -0.4 is 21.1 Å². The molecule has 4 bridgehead atoms. The zero-order chi connectivity index (χ0) is 30.4. The Hall–Kier alpha value is -3.47. The quantitative estimate of drug-likeness (QED) is 0.413. The zero-order valence-electron chi connectivity index (χ0n) is 24.9. The van der Waals surface area contributed by atoms with Crippen LogP contribution in [-0.4, -0.2) is 77.3 Å². The topological polar surface area (TPSA) is 157 Å². The van der Waals surface area contributed by atoms with E-state index < -0.39 is 47.4 Å². The van der Waals surface area contributed by atoms with Crippen molar-refractivity contribution in [1.82, 2.24) is 15.5 Å². The molecule has 4 amide bonds. The summed E-state index contributed by atoms with van der Waals surface area (Å²) < 4.78 is 12.4. The molecular formula is C31H44N4O7. The van der Waals surface area contributed by atoms with Gasteiger partial charge in [0.1, 0.15) is 17.8 Å². The molecule has 1 unspecified atom stereocenters. The van der Waals surface area contributed by atoms with E-state index in [2.05, 4.69) is 10.6 Å². The minimum Gasteiger partial charge on any atom is -0.493 e. The molecule has 230 valence electrons. The standard InChI is InChI=1S/C31H44N4O7/c1-4-8-23(27(37)28(32)38)33-29(39)24-17-22-18-35(24)30(40)26(20-10-5-6-11-20)34-25(36)16-19-9-7-12-21(15-19)41-14-13-31(2,3)42-22/h7,9,12,15,20,22-24,26H,4-6,8,10-11,13-14,16-18H2,1-3H3,(H2,32,38)(H,33,39)(H,34,36)/t22-,23?,24+,26+/m1/s1. The Morgan fingerprint density at radius 3 is 2.62 bits per heavy atom. The normalized spacial score (nSPS) is 25.8. The minimum absolute atomic E-state index is 0.0561. The van der Waals surface area contributed by atoms with Crippen molar-refractivity contribution in [2.45, 2.75) is 108 Å². The first-order valence-electron chi connectivity index (χ1n) is 15.1. The van der Waals surface area contributed by atoms with E-state index in [1.54, 1.807) is 0 Å². The smallest absolute Gasteiger partial charge is 0.287 e. The van der Waals surface area contributed by atoms with Crippen molar-refractivity contribution in [1.29, 1.82) is 0 Å². The average Bonchev–Trinajstić information content (AvgIpc) is 3.60. The molecular weight excluding hydrogens is 540 g/mol. The fraction of sp³-hybridized carbons (Fsp3) is 0.645. The molecule has 1 saturated heterocycles. The second-order valence-electron chi connectivity index (χ2n) is 12.3. The van der Waals surface area contributed by atoms with Gasteiger partial charge in [0.15, 0.2) is 0 Å². The van der Waals surface area contributed by atoms with Crippen molar-refractivity contribution in [2.75, 3.05) is 13.2 Å². The van der Waals surface area contributed by atoms with Gasteiger partial charge in [-0.3, -0.25) is 24.0 Å². The highest BCUT2D eigenvalue weighted by Crippen LogP contribution is 2.32. The van der Waals surface area contributed by atoms with Crippen molar-refractivity contribution >= 4 is 29.4 Å². The van der Waals surface area contributed by atoms with Crippen molar-refractivity contribution < 1.29 is 33.4 Å². The molecule has 1 aromatic carbocycles. The SMILES string of the molecule is CCCC(NC(=O)[C@@H]1C[C@@H]2CN1C(=O)[C@H](C1CCCC1)NC(=O)Cc1cccc(c1)OCCC(C)(C)O2)C(=O)C(N)=O. The Morgan fingerprint density at radius 2 is 1.93 bits per heavy atom. The van der Waals surface area contributed by atoms with Crippen LogP contribution in [0.5, 0.6) is 5.75 Å². The van der Waals surface area contributed by atoms with Crippen molar-refractivity contribution in [3.63, 3.8) is 0 Å². The van der Waals surface area contributed by atoms with Crippen molar-refractivity contribution in [3.05, 3.63) is 29.8 Å². The third-order valence-electron chi connectivity index (χ3n) is 8.48. The number of carbonyl (C=O) groups excluding carboxylic acids is 5. The molecule has 1 aliphatic carbocycles. The zero-order valence-corrected chi connectivity index (χ0v) is 24.9. The highest BCUT2D eigenvalue weighted by atomic mass is 16.5. The van der Waals surface area contributed by atoms with Crippen LogP contribution in [0.15, 0.2) is 24.3 Å². The third kappa shape index (κ3) is 7.87. The van der Waals surface area contributed by atoms with Crippen LogP contribution in [0.1, 0.15) is 77.7 Å². The van der Waals surface area contributed by atoms with E-state index >= 15 is 0 Å². The molecule has 1 aromatic rings. The molecule has 11 nitrogen and oxygen atoms in total. The van der Waals surface area contributed by atoms with Gasteiger partial charge in [-0.05, 0) is 56.7 Å². The first-order chi connectivity index (χ1) is 20.0. The highest BCUT2D eigenvalue weighted by molar-refractivity contribution is 6.37. The predicted molar refractivity (Wildman–Crippen MR) is 154 cm³/mol. The van der Waals surface area contributed by atoms with Crippen LogP contribution in [0.25, 0.3) is 0 Å². The highest BCUT2D eigenvalue weighted by Gasteiger charge is 2.46. The number of benzene rings is 1. The largest absolute Gasteiger partial charge is 0.493 e. The first-order valence-corrected chi connectivity index (χ1v) is 15.1. The van der Waals surface area contributed by atoms with E-state index in [4.69, 9.17) is 15.2 Å². The molecule has 0 radical (unpaired) electrons. The third-order valence-corrected chi connectivity index (χ3v) is 8.48. The summed E-state index contributed by atoms with van der Waals surface area (Å²) >= 11 is 0. The number of nitrogens with zero attached hydrogens (tertiary/aromatic N) is 1. The Bertz CT molecular complexity index is 1180. The predicted octanol–water partition coefficient (Wildman–Crippen LogP) is 1.79. The summed E-state index contributed by atoms with van der Waals surface area (Å²) in [4.78, 5) is 66.7. The maximum atomic E-state index is 14.2. The van der Waals surface area contributed by atoms with Gasteiger partial charge in [-0.15, -0.1) is 0 Å². The molecule has 4 N–H and O–H groups in total. The van der Waals surface area contributed by atoms with Gasteiger partial charge in [0.05, 0.1) is 30.8 Å². The molecule has 3 aliphatic rings. The number of rotatable bonds is 7. The summed E-state index contributed by atoms with van der Waals surface area (Å²) in [6.45, 7) is 6.25. The van der Waals surface area contributed by atoms with Crippen LogP contribution in [0, 0.1) is 5.92 Å². The number of amides is 4. The summed E-state index contributed by atoms with van der Waals surface area (Å²) in [5.41, 5.74) is 5.38. The summed E-state index contributed by atoms with van der Waals surface area (Å²) in [6.07, 6.45) is 4.67. The van der Waals surface area contributed by atoms with Crippen LogP contribution in [0.4, 0.5) is 0 Å². The van der Waals surface area contributed by atoms with Crippen molar-refractivity contribution in [2.24, 2.45) is 11.7 Å². The maximum Gasteiger partial charge on any atom is 0.287 e. The van der Waals surface area contributed by atoms with E-state index in [1.165, 1.54) is 4.90 Å². The number of nitrogens with one attached hydrogen (secondary N) is 2. The van der Waals surface area contributed by atoms with Gasteiger partial charge in [0.25, 0.3) is 5.91 Å². The number of carbonyl (C=O) groups is 5. The molecule has 11 heteroatoms. The Morgan fingerprint density at radius 1 is 1.19 bits per heavy atom. The number of hydrogen-bond acceptors (Lipinski definition) is 7. The lowest BCUT2D eigenvalue weighted by molar-refractivity contribution is -0.144. The molecule has 4 atom stereocenters. The van der Waals surface area contributed by atoms with Gasteiger partial charge in [-0.25, -0.2) is 0 Å². The van der Waals surface area contributed by atoms with Crippen molar-refractivity contribution in [3.8, 4) is 5.75 Å². The number of primary amides is 1. The van der Waals surface area contributed by atoms with Gasteiger partial charge < -0.3 is 30.7 Å². The molecule has 4 rings (SSSR count). The Balaban J connectivity index is 1.65. The van der Waals surface area contributed by atoms with E-state index in [0.717, 1.165) is 31.2 Å². The number of fused-ring (bicyclic) bond motifs is 4. The minimum atomic E-state index is -1.12. The number of ether oxygens (including phenoxy) is 2. The average molecular weight is 585 g/mol.